The molecule has 0 spiro atoms. The zero-order valence-corrected chi connectivity index (χ0v) is 11.1. The minimum Gasteiger partial charge on any atom is -0.506 e. The minimum atomic E-state index is 0.0213. The van der Waals surface area contributed by atoms with Crippen molar-refractivity contribution in [3.05, 3.63) is 41.6 Å². The fraction of sp³-hybridized carbons (Fsp3) is 0. The van der Waals surface area contributed by atoms with Gasteiger partial charge < -0.3 is 5.11 Å². The van der Waals surface area contributed by atoms with Crippen LogP contribution < -0.4 is 0 Å². The van der Waals surface area contributed by atoms with Crippen LogP contribution in [0.2, 0.25) is 5.02 Å². The van der Waals surface area contributed by atoms with Crippen LogP contribution in [0.1, 0.15) is 0 Å². The van der Waals surface area contributed by atoms with E-state index in [-0.39, 0.29) is 10.8 Å². The molecule has 1 aromatic carbocycles. The molecule has 94 valence electrons. The summed E-state index contributed by atoms with van der Waals surface area (Å²) >= 11 is 7.03. The number of hydrogen-bond donors (Lipinski definition) is 1. The molecule has 0 atom stereocenters. The molecule has 7 heteroatoms. The van der Waals surface area contributed by atoms with E-state index in [1.165, 1.54) is 17.6 Å². The van der Waals surface area contributed by atoms with Gasteiger partial charge in [-0.25, -0.2) is 4.98 Å². The van der Waals surface area contributed by atoms with E-state index < -0.39 is 0 Å². The lowest BCUT2D eigenvalue weighted by molar-refractivity contribution is 0.475. The van der Waals surface area contributed by atoms with Crippen molar-refractivity contribution >= 4 is 44.9 Å². The third-order valence-electron chi connectivity index (χ3n) is 2.42. The van der Waals surface area contributed by atoms with Crippen molar-refractivity contribution < 1.29 is 5.11 Å². The van der Waals surface area contributed by atoms with Gasteiger partial charge in [-0.05, 0) is 41.9 Å². The number of aromatic hydroxyl groups is 1. The van der Waals surface area contributed by atoms with Gasteiger partial charge in [0.25, 0.3) is 0 Å². The zero-order chi connectivity index (χ0) is 13.2. The number of azo groups is 1. The van der Waals surface area contributed by atoms with Gasteiger partial charge in [-0.1, -0.05) is 11.6 Å². The second-order valence-corrected chi connectivity index (χ2v) is 4.86. The summed E-state index contributed by atoms with van der Waals surface area (Å²) < 4.78 is 4.17. The Morgan fingerprint density at radius 1 is 1.21 bits per heavy atom. The molecule has 0 radical (unpaired) electrons. The summed E-state index contributed by atoms with van der Waals surface area (Å²) in [6.07, 6.45) is 1.68. The Kier molecular flexibility index (Phi) is 3.10. The number of benzene rings is 1. The maximum absolute atomic E-state index is 9.32. The standard InChI is InChI=1S/C12H7ClN4OS/c13-9-6-7(3-4-10(9)18)15-16-12-8-2-1-5-14-11(8)17-19-12/h1-6,18H/b16-15+. The lowest BCUT2D eigenvalue weighted by Crippen LogP contribution is -1.71. The Morgan fingerprint density at radius 3 is 2.95 bits per heavy atom. The molecule has 0 unspecified atom stereocenters. The van der Waals surface area contributed by atoms with Crippen LogP contribution in [0.3, 0.4) is 0 Å². The maximum atomic E-state index is 9.32. The quantitative estimate of drug-likeness (QED) is 0.708. The molecule has 0 aliphatic rings. The number of nitrogens with zero attached hydrogens (tertiary/aromatic N) is 4. The molecular weight excluding hydrogens is 284 g/mol. The number of pyridine rings is 1. The number of fused-ring (bicyclic) bond motifs is 1. The van der Waals surface area contributed by atoms with Gasteiger partial charge in [-0.2, -0.15) is 4.37 Å². The summed E-state index contributed by atoms with van der Waals surface area (Å²) in [5.74, 6) is 0.0213. The van der Waals surface area contributed by atoms with Crippen molar-refractivity contribution in [2.45, 2.75) is 0 Å². The Hall–Kier alpha value is -2.05. The number of halogens is 1. The van der Waals surface area contributed by atoms with Crippen LogP contribution in [0.4, 0.5) is 10.7 Å². The van der Waals surface area contributed by atoms with E-state index in [0.29, 0.717) is 16.3 Å². The molecule has 1 N–H and O–H groups in total. The molecule has 3 aromatic rings. The van der Waals surface area contributed by atoms with E-state index in [9.17, 15) is 5.11 Å². The highest BCUT2D eigenvalue weighted by molar-refractivity contribution is 7.11. The lowest BCUT2D eigenvalue weighted by Gasteiger charge is -1.96. The molecule has 0 amide bonds. The number of rotatable bonds is 2. The topological polar surface area (TPSA) is 70.7 Å². The van der Waals surface area contributed by atoms with Crippen LogP contribution in [0.25, 0.3) is 11.0 Å². The highest BCUT2D eigenvalue weighted by atomic mass is 35.5. The molecule has 19 heavy (non-hydrogen) atoms. The number of phenols is 1. The van der Waals surface area contributed by atoms with Crippen molar-refractivity contribution in [2.24, 2.45) is 10.2 Å². The summed E-state index contributed by atoms with van der Waals surface area (Å²) in [4.78, 5) is 4.13. The van der Waals surface area contributed by atoms with Gasteiger partial charge in [0, 0.05) is 6.20 Å². The average Bonchev–Trinajstić information content (AvgIpc) is 2.83. The van der Waals surface area contributed by atoms with Crippen LogP contribution in [-0.4, -0.2) is 14.5 Å². The summed E-state index contributed by atoms with van der Waals surface area (Å²) in [5.41, 5.74) is 1.22. The molecular formula is C12H7ClN4OS. The predicted molar refractivity (Wildman–Crippen MR) is 74.7 cm³/mol. The van der Waals surface area contributed by atoms with Gasteiger partial charge >= 0.3 is 0 Å². The summed E-state index contributed by atoms with van der Waals surface area (Å²) in [7, 11) is 0. The molecule has 2 heterocycles. The molecule has 0 bridgehead atoms. The Bertz CT molecular complexity index is 771. The third kappa shape index (κ3) is 2.40. The Morgan fingerprint density at radius 2 is 2.11 bits per heavy atom. The van der Waals surface area contributed by atoms with E-state index in [2.05, 4.69) is 19.6 Å². The van der Waals surface area contributed by atoms with Crippen molar-refractivity contribution in [2.75, 3.05) is 0 Å². The van der Waals surface area contributed by atoms with Crippen molar-refractivity contribution in [3.8, 4) is 5.75 Å². The summed E-state index contributed by atoms with van der Waals surface area (Å²) in [5, 5.41) is 19.3. The first kappa shape index (κ1) is 12.0. The zero-order valence-electron chi connectivity index (χ0n) is 9.49. The largest absolute Gasteiger partial charge is 0.506 e. The summed E-state index contributed by atoms with van der Waals surface area (Å²) in [6.45, 7) is 0. The molecule has 0 aliphatic carbocycles. The fourth-order valence-electron chi connectivity index (χ4n) is 1.51. The van der Waals surface area contributed by atoms with E-state index in [1.54, 1.807) is 18.3 Å². The van der Waals surface area contributed by atoms with Crippen LogP contribution in [0.5, 0.6) is 5.75 Å². The SMILES string of the molecule is Oc1ccc(/N=N/c2snc3ncccc23)cc1Cl. The molecule has 3 rings (SSSR count). The minimum absolute atomic E-state index is 0.0213. The normalized spacial score (nSPS) is 11.4. The van der Waals surface area contributed by atoms with Crippen molar-refractivity contribution in [1.29, 1.82) is 0 Å². The van der Waals surface area contributed by atoms with Crippen LogP contribution in [0.15, 0.2) is 46.8 Å². The first-order chi connectivity index (χ1) is 9.24. The van der Waals surface area contributed by atoms with Crippen LogP contribution in [0, 0.1) is 0 Å². The summed E-state index contributed by atoms with van der Waals surface area (Å²) in [6, 6.07) is 8.37. The van der Waals surface area contributed by atoms with Crippen molar-refractivity contribution in [1.82, 2.24) is 9.36 Å². The van der Waals surface area contributed by atoms with E-state index in [1.807, 2.05) is 12.1 Å². The Labute approximate surface area is 117 Å². The van der Waals surface area contributed by atoms with E-state index in [0.717, 1.165) is 5.39 Å². The van der Waals surface area contributed by atoms with E-state index in [4.69, 9.17) is 11.6 Å². The molecule has 0 aliphatic heterocycles. The maximum Gasteiger partial charge on any atom is 0.175 e. The first-order valence-corrected chi connectivity index (χ1v) is 6.50. The van der Waals surface area contributed by atoms with Gasteiger partial charge in [0.05, 0.1) is 16.1 Å². The molecule has 0 saturated heterocycles. The predicted octanol–water partition coefficient (Wildman–Crippen LogP) is 4.47. The third-order valence-corrected chi connectivity index (χ3v) is 3.46. The number of aromatic nitrogens is 2. The van der Waals surface area contributed by atoms with Gasteiger partial charge in [0.1, 0.15) is 5.75 Å². The molecule has 2 aromatic heterocycles. The van der Waals surface area contributed by atoms with E-state index >= 15 is 0 Å². The van der Waals surface area contributed by atoms with Crippen LogP contribution in [-0.2, 0) is 0 Å². The van der Waals surface area contributed by atoms with Gasteiger partial charge in [-0.3, -0.25) is 0 Å². The van der Waals surface area contributed by atoms with Crippen LogP contribution >= 0.6 is 23.1 Å². The lowest BCUT2D eigenvalue weighted by atomic mass is 10.3. The second kappa shape index (κ2) is 4.91. The highest BCUT2D eigenvalue weighted by Crippen LogP contribution is 2.32. The second-order valence-electron chi connectivity index (χ2n) is 3.70. The monoisotopic (exact) mass is 290 g/mol. The van der Waals surface area contributed by atoms with Gasteiger partial charge in [0.15, 0.2) is 10.6 Å². The molecule has 5 nitrogen and oxygen atoms in total. The van der Waals surface area contributed by atoms with Gasteiger partial charge in [-0.15, -0.1) is 10.2 Å². The molecule has 0 saturated carbocycles. The first-order valence-electron chi connectivity index (χ1n) is 5.35. The highest BCUT2D eigenvalue weighted by Gasteiger charge is 2.05. The fourth-order valence-corrected chi connectivity index (χ4v) is 2.33. The smallest absolute Gasteiger partial charge is 0.175 e. The van der Waals surface area contributed by atoms with Gasteiger partial charge in [0.2, 0.25) is 0 Å². The number of hydrogen-bond acceptors (Lipinski definition) is 6. The Balaban J connectivity index is 1.96. The average molecular weight is 291 g/mol. The number of phenolic OH excluding ortho intramolecular Hbond substituents is 1. The van der Waals surface area contributed by atoms with Crippen molar-refractivity contribution in [3.63, 3.8) is 0 Å². The molecule has 0 fully saturated rings.